The molecule has 0 spiro atoms. The van der Waals surface area contributed by atoms with Gasteiger partial charge in [-0.2, -0.15) is 0 Å². The SMILES string of the molecule is Cn1c(=O)ccc2nc(-c3ccc(C4CC(O)C4)cc3)c(-c3ccccc3)nc21. The highest BCUT2D eigenvalue weighted by molar-refractivity contribution is 5.84. The van der Waals surface area contributed by atoms with Crippen LogP contribution in [0.2, 0.25) is 0 Å². The molecule has 1 aliphatic rings. The van der Waals surface area contributed by atoms with Crippen molar-refractivity contribution < 1.29 is 5.11 Å². The third-order valence-electron chi connectivity index (χ3n) is 5.75. The van der Waals surface area contributed by atoms with Gasteiger partial charge in [0.25, 0.3) is 5.56 Å². The molecular weight excluding hydrogens is 362 g/mol. The minimum atomic E-state index is -0.164. The van der Waals surface area contributed by atoms with Crippen LogP contribution in [0, 0.1) is 0 Å². The van der Waals surface area contributed by atoms with E-state index in [2.05, 4.69) is 24.3 Å². The molecule has 5 heteroatoms. The van der Waals surface area contributed by atoms with Crippen molar-refractivity contribution in [1.29, 1.82) is 0 Å². The Kier molecular flexibility index (Phi) is 4.25. The Labute approximate surface area is 168 Å². The molecule has 2 aromatic carbocycles. The van der Waals surface area contributed by atoms with Gasteiger partial charge in [0.1, 0.15) is 5.52 Å². The van der Waals surface area contributed by atoms with E-state index >= 15 is 0 Å². The van der Waals surface area contributed by atoms with E-state index in [0.717, 1.165) is 35.4 Å². The Morgan fingerprint density at radius 2 is 1.52 bits per heavy atom. The molecule has 0 saturated heterocycles. The second-order valence-corrected chi connectivity index (χ2v) is 7.67. The zero-order valence-electron chi connectivity index (χ0n) is 16.1. The summed E-state index contributed by atoms with van der Waals surface area (Å²) in [6.07, 6.45) is 1.50. The number of nitrogens with zero attached hydrogens (tertiary/aromatic N) is 3. The number of aliphatic hydroxyl groups is 1. The Hall–Kier alpha value is -3.31. The van der Waals surface area contributed by atoms with E-state index in [1.807, 2.05) is 30.3 Å². The molecule has 0 radical (unpaired) electrons. The van der Waals surface area contributed by atoms with Crippen LogP contribution < -0.4 is 5.56 Å². The molecule has 0 aliphatic heterocycles. The van der Waals surface area contributed by atoms with Gasteiger partial charge in [0.05, 0.1) is 17.5 Å². The predicted octanol–water partition coefficient (Wildman–Crippen LogP) is 3.90. The second kappa shape index (κ2) is 6.94. The smallest absolute Gasteiger partial charge is 0.252 e. The first-order valence-electron chi connectivity index (χ1n) is 9.82. The summed E-state index contributed by atoms with van der Waals surface area (Å²) in [5.74, 6) is 0.435. The lowest BCUT2D eigenvalue weighted by Crippen LogP contribution is -2.26. The highest BCUT2D eigenvalue weighted by Crippen LogP contribution is 2.38. The zero-order valence-corrected chi connectivity index (χ0v) is 16.1. The minimum absolute atomic E-state index is 0.106. The molecule has 0 atom stereocenters. The summed E-state index contributed by atoms with van der Waals surface area (Å²) in [7, 11) is 1.72. The fourth-order valence-corrected chi connectivity index (χ4v) is 3.94. The van der Waals surface area contributed by atoms with Crippen molar-refractivity contribution >= 4 is 11.2 Å². The summed E-state index contributed by atoms with van der Waals surface area (Å²) in [6, 6.07) is 21.6. The van der Waals surface area contributed by atoms with Gasteiger partial charge in [-0.25, -0.2) is 9.97 Å². The first kappa shape index (κ1) is 17.8. The molecule has 4 aromatic rings. The van der Waals surface area contributed by atoms with Crippen LogP contribution in [0.25, 0.3) is 33.7 Å². The van der Waals surface area contributed by atoms with E-state index in [0.29, 0.717) is 17.1 Å². The van der Waals surface area contributed by atoms with Crippen molar-refractivity contribution in [3.8, 4) is 22.5 Å². The standard InChI is InChI=1S/C24H21N3O2/c1-27-21(29)12-11-20-24(27)26-23(16-5-3-2-4-6-16)22(25-20)17-9-7-15(8-10-17)18-13-19(28)14-18/h2-12,18-19,28H,13-14H2,1H3. The third kappa shape index (κ3) is 3.13. The maximum atomic E-state index is 12.1. The fraction of sp³-hybridized carbons (Fsp3) is 0.208. The second-order valence-electron chi connectivity index (χ2n) is 7.67. The molecule has 1 fully saturated rings. The molecule has 0 amide bonds. The van der Waals surface area contributed by atoms with Crippen molar-refractivity contribution in [3.05, 3.63) is 82.6 Å². The fourth-order valence-electron chi connectivity index (χ4n) is 3.94. The van der Waals surface area contributed by atoms with Crippen molar-refractivity contribution in [3.63, 3.8) is 0 Å². The monoisotopic (exact) mass is 383 g/mol. The number of hydrogen-bond acceptors (Lipinski definition) is 4. The third-order valence-corrected chi connectivity index (χ3v) is 5.75. The van der Waals surface area contributed by atoms with Gasteiger partial charge < -0.3 is 5.11 Å². The molecule has 0 bridgehead atoms. The highest BCUT2D eigenvalue weighted by Gasteiger charge is 2.28. The zero-order chi connectivity index (χ0) is 20.0. The van der Waals surface area contributed by atoms with Gasteiger partial charge in [0.2, 0.25) is 0 Å². The highest BCUT2D eigenvalue weighted by atomic mass is 16.3. The molecular formula is C24H21N3O2. The molecule has 29 heavy (non-hydrogen) atoms. The normalized spacial score (nSPS) is 18.6. The van der Waals surface area contributed by atoms with E-state index in [9.17, 15) is 9.90 Å². The van der Waals surface area contributed by atoms with Crippen molar-refractivity contribution in [2.75, 3.05) is 0 Å². The van der Waals surface area contributed by atoms with Crippen molar-refractivity contribution in [2.45, 2.75) is 24.9 Å². The van der Waals surface area contributed by atoms with Gasteiger partial charge in [0.15, 0.2) is 5.65 Å². The van der Waals surface area contributed by atoms with Gasteiger partial charge in [0, 0.05) is 24.2 Å². The largest absolute Gasteiger partial charge is 0.393 e. The van der Waals surface area contributed by atoms with Crippen LogP contribution in [0.4, 0.5) is 0 Å². The van der Waals surface area contributed by atoms with Gasteiger partial charge in [-0.1, -0.05) is 54.6 Å². The maximum Gasteiger partial charge on any atom is 0.252 e. The van der Waals surface area contributed by atoms with E-state index in [1.165, 1.54) is 16.2 Å². The molecule has 5 nitrogen and oxygen atoms in total. The Morgan fingerprint density at radius 3 is 2.21 bits per heavy atom. The molecule has 144 valence electrons. The molecule has 2 heterocycles. The van der Waals surface area contributed by atoms with Crippen LogP contribution in [-0.4, -0.2) is 25.7 Å². The average molecular weight is 383 g/mol. The number of rotatable bonds is 3. The lowest BCUT2D eigenvalue weighted by atomic mass is 9.77. The van der Waals surface area contributed by atoms with E-state index < -0.39 is 0 Å². The Morgan fingerprint density at radius 1 is 0.862 bits per heavy atom. The van der Waals surface area contributed by atoms with Gasteiger partial charge in [-0.15, -0.1) is 0 Å². The molecule has 1 N–H and O–H groups in total. The van der Waals surface area contributed by atoms with E-state index in [1.54, 1.807) is 13.1 Å². The molecule has 1 saturated carbocycles. The van der Waals surface area contributed by atoms with E-state index in [-0.39, 0.29) is 11.7 Å². The van der Waals surface area contributed by atoms with Crippen LogP contribution in [0.15, 0.2) is 71.5 Å². The van der Waals surface area contributed by atoms with Crippen LogP contribution in [-0.2, 0) is 7.05 Å². The van der Waals surface area contributed by atoms with Crippen LogP contribution in [0.3, 0.4) is 0 Å². The minimum Gasteiger partial charge on any atom is -0.393 e. The lowest BCUT2D eigenvalue weighted by Gasteiger charge is -2.31. The maximum absolute atomic E-state index is 12.1. The number of aliphatic hydroxyl groups excluding tert-OH is 1. The molecule has 0 unspecified atom stereocenters. The summed E-state index contributed by atoms with van der Waals surface area (Å²) in [4.78, 5) is 21.8. The van der Waals surface area contributed by atoms with Crippen molar-refractivity contribution in [1.82, 2.24) is 14.5 Å². The Balaban J connectivity index is 1.67. The lowest BCUT2D eigenvalue weighted by molar-refractivity contribution is 0.0746. The van der Waals surface area contributed by atoms with Crippen LogP contribution in [0.5, 0.6) is 0 Å². The van der Waals surface area contributed by atoms with E-state index in [4.69, 9.17) is 9.97 Å². The number of fused-ring (bicyclic) bond motifs is 1. The molecule has 2 aromatic heterocycles. The van der Waals surface area contributed by atoms with Gasteiger partial charge in [-0.05, 0) is 30.4 Å². The summed E-state index contributed by atoms with van der Waals surface area (Å²) in [6.45, 7) is 0. The first-order valence-corrected chi connectivity index (χ1v) is 9.82. The Bertz CT molecular complexity index is 1240. The summed E-state index contributed by atoms with van der Waals surface area (Å²) < 4.78 is 1.53. The summed E-state index contributed by atoms with van der Waals surface area (Å²) >= 11 is 0. The number of aryl methyl sites for hydroxylation is 1. The molecule has 5 rings (SSSR count). The molecule has 1 aliphatic carbocycles. The predicted molar refractivity (Wildman–Crippen MR) is 114 cm³/mol. The average Bonchev–Trinajstić information content (AvgIpc) is 2.74. The summed E-state index contributed by atoms with van der Waals surface area (Å²) in [5, 5.41) is 9.57. The number of pyridine rings is 1. The van der Waals surface area contributed by atoms with Gasteiger partial charge in [-0.3, -0.25) is 9.36 Å². The topological polar surface area (TPSA) is 68.0 Å². The van der Waals surface area contributed by atoms with Gasteiger partial charge >= 0.3 is 0 Å². The number of aromatic nitrogens is 3. The van der Waals surface area contributed by atoms with Crippen LogP contribution >= 0.6 is 0 Å². The number of hydrogen-bond donors (Lipinski definition) is 1. The van der Waals surface area contributed by atoms with Crippen LogP contribution in [0.1, 0.15) is 24.3 Å². The quantitative estimate of drug-likeness (QED) is 0.583. The first-order chi connectivity index (χ1) is 14.1. The summed E-state index contributed by atoms with van der Waals surface area (Å²) in [5.41, 5.74) is 5.89. The number of benzene rings is 2. The van der Waals surface area contributed by atoms with Crippen molar-refractivity contribution in [2.24, 2.45) is 7.05 Å².